The first-order valence-electron chi connectivity index (χ1n) is 5.30. The number of carbonyl (C=O) groups is 1. The quantitative estimate of drug-likeness (QED) is 0.879. The highest BCUT2D eigenvalue weighted by molar-refractivity contribution is 6.34. The minimum atomic E-state index is -0.482. The first kappa shape index (κ1) is 12.9. The summed E-state index contributed by atoms with van der Waals surface area (Å²) in [6, 6.07) is 10.7. The van der Waals surface area contributed by atoms with E-state index in [1.807, 2.05) is 6.07 Å². The Labute approximate surface area is 113 Å². The monoisotopic (exact) mass is 273 g/mol. The van der Waals surface area contributed by atoms with Crippen LogP contribution in [-0.2, 0) is 0 Å². The zero-order valence-corrected chi connectivity index (χ0v) is 10.4. The summed E-state index contributed by atoms with van der Waals surface area (Å²) in [5.41, 5.74) is 0.540. The highest BCUT2D eigenvalue weighted by Gasteiger charge is 2.09. The summed E-state index contributed by atoms with van der Waals surface area (Å²) in [6.07, 6.45) is 0. The highest BCUT2D eigenvalue weighted by atomic mass is 35.5. The van der Waals surface area contributed by atoms with Crippen LogP contribution in [0.2, 0.25) is 5.02 Å². The van der Waals surface area contributed by atoms with E-state index in [9.17, 15) is 9.59 Å². The molecule has 94 valence electrons. The van der Waals surface area contributed by atoms with Gasteiger partial charge < -0.3 is 10.3 Å². The SMILES string of the molecule is N#Cc1ccc(NC(=O)c2cccc(=O)[nH]2)c(Cl)c1. The largest absolute Gasteiger partial charge is 0.319 e. The Balaban J connectivity index is 2.25. The summed E-state index contributed by atoms with van der Waals surface area (Å²) >= 11 is 5.93. The molecule has 0 radical (unpaired) electrons. The zero-order chi connectivity index (χ0) is 13.8. The predicted molar refractivity (Wildman–Crippen MR) is 71.2 cm³/mol. The van der Waals surface area contributed by atoms with Gasteiger partial charge in [-0.25, -0.2) is 0 Å². The Morgan fingerprint density at radius 3 is 2.74 bits per heavy atom. The molecule has 2 rings (SSSR count). The number of aromatic nitrogens is 1. The number of aromatic amines is 1. The number of nitrogens with zero attached hydrogens (tertiary/aromatic N) is 1. The van der Waals surface area contributed by atoms with Gasteiger partial charge in [0.25, 0.3) is 5.91 Å². The Kier molecular flexibility index (Phi) is 3.64. The van der Waals surface area contributed by atoms with Crippen molar-refractivity contribution in [3.05, 3.63) is 63.0 Å². The normalized spacial score (nSPS) is 9.68. The molecule has 0 saturated carbocycles. The third-order valence-corrected chi connectivity index (χ3v) is 2.67. The fraction of sp³-hybridized carbons (Fsp3) is 0. The zero-order valence-electron chi connectivity index (χ0n) is 9.61. The number of carbonyl (C=O) groups excluding carboxylic acids is 1. The average molecular weight is 274 g/mol. The van der Waals surface area contributed by atoms with Gasteiger partial charge in [0, 0.05) is 6.07 Å². The molecule has 1 aromatic carbocycles. The van der Waals surface area contributed by atoms with Gasteiger partial charge in [-0.15, -0.1) is 0 Å². The molecule has 0 fully saturated rings. The first-order chi connectivity index (χ1) is 9.10. The molecule has 0 bridgehead atoms. The number of nitrogens with one attached hydrogen (secondary N) is 2. The number of halogens is 1. The van der Waals surface area contributed by atoms with E-state index in [1.54, 1.807) is 0 Å². The van der Waals surface area contributed by atoms with Gasteiger partial charge >= 0.3 is 0 Å². The van der Waals surface area contributed by atoms with Gasteiger partial charge in [0.15, 0.2) is 0 Å². The second-order valence-electron chi connectivity index (χ2n) is 3.69. The third kappa shape index (κ3) is 3.00. The van der Waals surface area contributed by atoms with Crippen molar-refractivity contribution in [2.24, 2.45) is 0 Å². The van der Waals surface area contributed by atoms with Crippen molar-refractivity contribution in [1.82, 2.24) is 4.98 Å². The van der Waals surface area contributed by atoms with Crippen molar-refractivity contribution in [1.29, 1.82) is 5.26 Å². The van der Waals surface area contributed by atoms with E-state index in [2.05, 4.69) is 10.3 Å². The maximum atomic E-state index is 11.9. The molecule has 0 unspecified atom stereocenters. The van der Waals surface area contributed by atoms with Crippen LogP contribution in [0.25, 0.3) is 0 Å². The number of nitriles is 1. The Morgan fingerprint density at radius 1 is 1.32 bits per heavy atom. The second-order valence-corrected chi connectivity index (χ2v) is 4.10. The van der Waals surface area contributed by atoms with Crippen LogP contribution in [-0.4, -0.2) is 10.9 Å². The number of hydrogen-bond acceptors (Lipinski definition) is 3. The second kappa shape index (κ2) is 5.38. The maximum absolute atomic E-state index is 11.9. The molecule has 2 aromatic rings. The van der Waals surface area contributed by atoms with E-state index < -0.39 is 5.91 Å². The lowest BCUT2D eigenvalue weighted by atomic mass is 10.2. The molecule has 2 N–H and O–H groups in total. The fourth-order valence-electron chi connectivity index (χ4n) is 1.46. The van der Waals surface area contributed by atoms with E-state index >= 15 is 0 Å². The van der Waals surface area contributed by atoms with Crippen LogP contribution in [0.4, 0.5) is 5.69 Å². The predicted octanol–water partition coefficient (Wildman–Crippen LogP) is 2.15. The molecular weight excluding hydrogens is 266 g/mol. The molecule has 0 saturated heterocycles. The molecule has 19 heavy (non-hydrogen) atoms. The van der Waals surface area contributed by atoms with Crippen molar-refractivity contribution in [3.8, 4) is 6.07 Å². The topological polar surface area (TPSA) is 85.8 Å². The fourth-order valence-corrected chi connectivity index (χ4v) is 1.68. The summed E-state index contributed by atoms with van der Waals surface area (Å²) in [5.74, 6) is -0.482. The molecule has 0 spiro atoms. The van der Waals surface area contributed by atoms with E-state index in [0.29, 0.717) is 11.3 Å². The average Bonchev–Trinajstić information content (AvgIpc) is 2.41. The van der Waals surface area contributed by atoms with Crippen LogP contribution in [0.5, 0.6) is 0 Å². The number of hydrogen-bond donors (Lipinski definition) is 2. The Hall–Kier alpha value is -2.58. The molecule has 6 heteroatoms. The van der Waals surface area contributed by atoms with Gasteiger partial charge in [-0.2, -0.15) is 5.26 Å². The van der Waals surface area contributed by atoms with Gasteiger partial charge in [-0.3, -0.25) is 9.59 Å². The van der Waals surface area contributed by atoms with Crippen molar-refractivity contribution < 1.29 is 4.79 Å². The standard InChI is InChI=1S/C13H8ClN3O2/c14-9-6-8(7-15)4-5-10(9)17-13(19)11-2-1-3-12(18)16-11/h1-6H,(H,16,18)(H,17,19). The molecule has 1 heterocycles. The van der Waals surface area contributed by atoms with Crippen LogP contribution in [0, 0.1) is 11.3 Å². The van der Waals surface area contributed by atoms with E-state index in [-0.39, 0.29) is 16.3 Å². The van der Waals surface area contributed by atoms with Gasteiger partial charge in [0.1, 0.15) is 5.69 Å². The van der Waals surface area contributed by atoms with Crippen molar-refractivity contribution in [3.63, 3.8) is 0 Å². The van der Waals surface area contributed by atoms with Crippen LogP contribution < -0.4 is 10.9 Å². The minimum Gasteiger partial charge on any atom is -0.319 e. The molecular formula is C13H8ClN3O2. The van der Waals surface area contributed by atoms with Crippen LogP contribution in [0.3, 0.4) is 0 Å². The first-order valence-corrected chi connectivity index (χ1v) is 5.68. The van der Waals surface area contributed by atoms with Gasteiger partial charge in [0.2, 0.25) is 5.56 Å². The van der Waals surface area contributed by atoms with Crippen LogP contribution in [0.15, 0.2) is 41.2 Å². The molecule has 0 aliphatic rings. The summed E-state index contributed by atoms with van der Waals surface area (Å²) in [4.78, 5) is 25.4. The third-order valence-electron chi connectivity index (χ3n) is 2.36. The molecule has 5 nitrogen and oxygen atoms in total. The molecule has 0 atom stereocenters. The minimum absolute atomic E-state index is 0.132. The Morgan fingerprint density at radius 2 is 2.11 bits per heavy atom. The number of pyridine rings is 1. The van der Waals surface area contributed by atoms with E-state index in [1.165, 1.54) is 36.4 Å². The lowest BCUT2D eigenvalue weighted by Gasteiger charge is -2.07. The molecule has 0 aliphatic carbocycles. The van der Waals surface area contributed by atoms with Crippen molar-refractivity contribution >= 4 is 23.2 Å². The highest BCUT2D eigenvalue weighted by Crippen LogP contribution is 2.23. The molecule has 0 aliphatic heterocycles. The van der Waals surface area contributed by atoms with E-state index in [0.717, 1.165) is 0 Å². The van der Waals surface area contributed by atoms with Crippen LogP contribution in [0.1, 0.15) is 16.1 Å². The van der Waals surface area contributed by atoms with Gasteiger partial charge in [-0.05, 0) is 24.3 Å². The van der Waals surface area contributed by atoms with Gasteiger partial charge in [0.05, 0.1) is 22.3 Å². The molecule has 1 amide bonds. The number of benzene rings is 1. The number of H-pyrrole nitrogens is 1. The smallest absolute Gasteiger partial charge is 0.272 e. The van der Waals surface area contributed by atoms with Crippen LogP contribution >= 0.6 is 11.6 Å². The Bertz CT molecular complexity index is 731. The summed E-state index contributed by atoms with van der Waals surface area (Å²) in [7, 11) is 0. The number of rotatable bonds is 2. The summed E-state index contributed by atoms with van der Waals surface area (Å²) in [5, 5.41) is 11.5. The summed E-state index contributed by atoms with van der Waals surface area (Å²) < 4.78 is 0. The number of amides is 1. The lowest BCUT2D eigenvalue weighted by Crippen LogP contribution is -2.18. The lowest BCUT2D eigenvalue weighted by molar-refractivity contribution is 0.102. The van der Waals surface area contributed by atoms with Crippen molar-refractivity contribution in [2.45, 2.75) is 0 Å². The van der Waals surface area contributed by atoms with Gasteiger partial charge in [-0.1, -0.05) is 17.7 Å². The number of anilines is 1. The molecule has 1 aromatic heterocycles. The van der Waals surface area contributed by atoms with Crippen molar-refractivity contribution in [2.75, 3.05) is 5.32 Å². The summed E-state index contributed by atoms with van der Waals surface area (Å²) in [6.45, 7) is 0. The van der Waals surface area contributed by atoms with E-state index in [4.69, 9.17) is 16.9 Å². The maximum Gasteiger partial charge on any atom is 0.272 e.